The molecule has 0 bridgehead atoms. The molecule has 1 fully saturated rings. The maximum absolute atomic E-state index is 12.2. The standard InChI is InChI=1S/C14H19N3O4S/c1-3-13(18)16-8-9-17(14(19)10-16)11-4-6-12(7-5-11)22(20,21)15-2/h4-7,15H,3,8-10H2,1-2H3. The second-order valence-electron chi connectivity index (χ2n) is 4.92. The van der Waals surface area contributed by atoms with Gasteiger partial charge in [0.2, 0.25) is 21.8 Å². The number of anilines is 1. The maximum atomic E-state index is 12.2. The van der Waals surface area contributed by atoms with Crippen molar-refractivity contribution in [2.45, 2.75) is 18.2 Å². The monoisotopic (exact) mass is 325 g/mol. The molecule has 7 nitrogen and oxygen atoms in total. The Bertz CT molecular complexity index is 670. The van der Waals surface area contributed by atoms with Gasteiger partial charge in [-0.05, 0) is 31.3 Å². The zero-order valence-electron chi connectivity index (χ0n) is 12.6. The van der Waals surface area contributed by atoms with Crippen LogP contribution in [-0.2, 0) is 19.6 Å². The number of carbonyl (C=O) groups is 2. The van der Waals surface area contributed by atoms with E-state index in [1.54, 1.807) is 28.9 Å². The maximum Gasteiger partial charge on any atom is 0.246 e. The Morgan fingerprint density at radius 3 is 2.36 bits per heavy atom. The van der Waals surface area contributed by atoms with Crippen LogP contribution in [0.15, 0.2) is 29.2 Å². The predicted octanol–water partition coefficient (Wildman–Crippen LogP) is 0.180. The fourth-order valence-corrected chi connectivity index (χ4v) is 3.04. The quantitative estimate of drug-likeness (QED) is 0.855. The van der Waals surface area contributed by atoms with Crippen LogP contribution in [0.3, 0.4) is 0 Å². The zero-order chi connectivity index (χ0) is 16.3. The Morgan fingerprint density at radius 1 is 1.23 bits per heavy atom. The number of nitrogens with zero attached hydrogens (tertiary/aromatic N) is 2. The third kappa shape index (κ3) is 3.28. The molecule has 0 aromatic heterocycles. The minimum absolute atomic E-state index is 0.0385. The third-order valence-corrected chi connectivity index (χ3v) is 5.03. The van der Waals surface area contributed by atoms with Gasteiger partial charge in [-0.15, -0.1) is 0 Å². The molecule has 0 radical (unpaired) electrons. The van der Waals surface area contributed by atoms with Crippen molar-refractivity contribution in [2.75, 3.05) is 31.6 Å². The number of hydrogen-bond donors (Lipinski definition) is 1. The van der Waals surface area contributed by atoms with E-state index in [2.05, 4.69) is 4.72 Å². The molecular weight excluding hydrogens is 306 g/mol. The van der Waals surface area contributed by atoms with E-state index in [0.29, 0.717) is 25.2 Å². The Hall–Kier alpha value is -1.93. The van der Waals surface area contributed by atoms with Crippen LogP contribution in [0.2, 0.25) is 0 Å². The molecule has 1 heterocycles. The molecule has 22 heavy (non-hydrogen) atoms. The van der Waals surface area contributed by atoms with Gasteiger partial charge in [-0.1, -0.05) is 6.92 Å². The van der Waals surface area contributed by atoms with E-state index in [0.717, 1.165) is 0 Å². The van der Waals surface area contributed by atoms with Gasteiger partial charge in [-0.25, -0.2) is 13.1 Å². The molecule has 0 atom stereocenters. The highest BCUT2D eigenvalue weighted by atomic mass is 32.2. The van der Waals surface area contributed by atoms with Crippen molar-refractivity contribution >= 4 is 27.5 Å². The van der Waals surface area contributed by atoms with Crippen molar-refractivity contribution in [1.82, 2.24) is 9.62 Å². The SMILES string of the molecule is CCC(=O)N1CCN(c2ccc(S(=O)(=O)NC)cc2)C(=O)C1. The number of benzene rings is 1. The molecular formula is C14H19N3O4S. The van der Waals surface area contributed by atoms with Gasteiger partial charge in [-0.2, -0.15) is 0 Å². The molecule has 1 aliphatic rings. The first kappa shape index (κ1) is 16.4. The van der Waals surface area contributed by atoms with Crippen LogP contribution in [-0.4, -0.2) is 51.8 Å². The van der Waals surface area contributed by atoms with Crippen molar-refractivity contribution in [3.8, 4) is 0 Å². The van der Waals surface area contributed by atoms with Crippen LogP contribution >= 0.6 is 0 Å². The molecule has 8 heteroatoms. The van der Waals surface area contributed by atoms with Crippen LogP contribution in [0.4, 0.5) is 5.69 Å². The number of hydrogen-bond acceptors (Lipinski definition) is 4. The van der Waals surface area contributed by atoms with Crippen LogP contribution in [0.25, 0.3) is 0 Å². The average Bonchev–Trinajstić information content (AvgIpc) is 2.54. The van der Waals surface area contributed by atoms with Gasteiger partial charge in [0.25, 0.3) is 0 Å². The summed E-state index contributed by atoms with van der Waals surface area (Å²) in [7, 11) is -2.14. The van der Waals surface area contributed by atoms with E-state index in [4.69, 9.17) is 0 Å². The summed E-state index contributed by atoms with van der Waals surface area (Å²) >= 11 is 0. The number of amides is 2. The molecule has 1 aliphatic heterocycles. The highest BCUT2D eigenvalue weighted by molar-refractivity contribution is 7.89. The van der Waals surface area contributed by atoms with E-state index >= 15 is 0 Å². The molecule has 0 saturated carbocycles. The van der Waals surface area contributed by atoms with Gasteiger partial charge < -0.3 is 9.80 Å². The van der Waals surface area contributed by atoms with Crippen LogP contribution in [0, 0.1) is 0 Å². The summed E-state index contributed by atoms with van der Waals surface area (Å²) in [6.45, 7) is 2.71. The average molecular weight is 325 g/mol. The largest absolute Gasteiger partial charge is 0.332 e. The van der Waals surface area contributed by atoms with E-state index in [-0.39, 0.29) is 23.3 Å². The lowest BCUT2D eigenvalue weighted by molar-refractivity contribution is -0.136. The number of rotatable bonds is 4. The lowest BCUT2D eigenvalue weighted by atomic mass is 10.2. The molecule has 120 valence electrons. The molecule has 1 aromatic carbocycles. The van der Waals surface area contributed by atoms with Crippen molar-refractivity contribution in [3.05, 3.63) is 24.3 Å². The molecule has 1 N–H and O–H groups in total. The van der Waals surface area contributed by atoms with E-state index in [1.807, 2.05) is 0 Å². The van der Waals surface area contributed by atoms with Gasteiger partial charge >= 0.3 is 0 Å². The van der Waals surface area contributed by atoms with Crippen molar-refractivity contribution in [3.63, 3.8) is 0 Å². The van der Waals surface area contributed by atoms with Crippen LogP contribution in [0.1, 0.15) is 13.3 Å². The third-order valence-electron chi connectivity index (χ3n) is 3.60. The summed E-state index contributed by atoms with van der Waals surface area (Å²) in [5.41, 5.74) is 0.628. The van der Waals surface area contributed by atoms with Gasteiger partial charge in [0.1, 0.15) is 6.54 Å². The lowest BCUT2D eigenvalue weighted by Gasteiger charge is -2.34. The summed E-state index contributed by atoms with van der Waals surface area (Å²) in [5.74, 6) is -0.208. The first-order valence-corrected chi connectivity index (χ1v) is 8.49. The highest BCUT2D eigenvalue weighted by Crippen LogP contribution is 2.20. The molecule has 1 aromatic rings. The minimum Gasteiger partial charge on any atom is -0.332 e. The van der Waals surface area contributed by atoms with Crippen molar-refractivity contribution in [1.29, 1.82) is 0 Å². The van der Waals surface area contributed by atoms with Crippen LogP contribution < -0.4 is 9.62 Å². The number of sulfonamides is 1. The van der Waals surface area contributed by atoms with Gasteiger partial charge in [0, 0.05) is 25.2 Å². The second-order valence-corrected chi connectivity index (χ2v) is 6.80. The summed E-state index contributed by atoms with van der Waals surface area (Å²) < 4.78 is 25.6. The lowest BCUT2D eigenvalue weighted by Crippen LogP contribution is -2.52. The van der Waals surface area contributed by atoms with Crippen LogP contribution in [0.5, 0.6) is 0 Å². The Labute approximate surface area is 129 Å². The summed E-state index contributed by atoms with van der Waals surface area (Å²) in [4.78, 5) is 27.0. The molecule has 1 saturated heterocycles. The molecule has 0 aliphatic carbocycles. The van der Waals surface area contributed by atoms with Crippen molar-refractivity contribution in [2.24, 2.45) is 0 Å². The first-order chi connectivity index (χ1) is 10.4. The number of carbonyl (C=O) groups excluding carboxylic acids is 2. The molecule has 0 spiro atoms. The Morgan fingerprint density at radius 2 is 1.86 bits per heavy atom. The number of piperazine rings is 1. The topological polar surface area (TPSA) is 86.8 Å². The summed E-state index contributed by atoms with van der Waals surface area (Å²) in [6, 6.07) is 6.11. The van der Waals surface area contributed by atoms with Crippen molar-refractivity contribution < 1.29 is 18.0 Å². The highest BCUT2D eigenvalue weighted by Gasteiger charge is 2.27. The second kappa shape index (κ2) is 6.45. The summed E-state index contributed by atoms with van der Waals surface area (Å²) in [5, 5.41) is 0. The summed E-state index contributed by atoms with van der Waals surface area (Å²) in [6.07, 6.45) is 0.379. The fourth-order valence-electron chi connectivity index (χ4n) is 2.31. The van der Waals surface area contributed by atoms with E-state index in [1.165, 1.54) is 19.2 Å². The molecule has 2 rings (SSSR count). The van der Waals surface area contributed by atoms with Gasteiger partial charge in [0.05, 0.1) is 4.90 Å². The number of nitrogens with one attached hydrogen (secondary N) is 1. The zero-order valence-corrected chi connectivity index (χ0v) is 13.4. The predicted molar refractivity (Wildman–Crippen MR) is 81.9 cm³/mol. The normalized spacial score (nSPS) is 16.0. The van der Waals surface area contributed by atoms with Gasteiger partial charge in [-0.3, -0.25) is 9.59 Å². The minimum atomic E-state index is -3.49. The first-order valence-electron chi connectivity index (χ1n) is 7.00. The van der Waals surface area contributed by atoms with E-state index < -0.39 is 10.0 Å². The van der Waals surface area contributed by atoms with E-state index in [9.17, 15) is 18.0 Å². The van der Waals surface area contributed by atoms with Gasteiger partial charge in [0.15, 0.2) is 0 Å². The Kier molecular flexibility index (Phi) is 4.82. The molecule has 0 unspecified atom stereocenters. The Balaban J connectivity index is 2.14. The fraction of sp³-hybridized carbons (Fsp3) is 0.429. The smallest absolute Gasteiger partial charge is 0.246 e. The molecule has 2 amide bonds.